The molecular weight excluding hydrogens is 167 g/mol. The molecule has 0 spiro atoms. The molecule has 0 saturated carbocycles. The Balaban J connectivity index is 2.04. The summed E-state index contributed by atoms with van der Waals surface area (Å²) in [5, 5.41) is 6.38. The Kier molecular flexibility index (Phi) is 2.45. The van der Waals surface area contributed by atoms with Gasteiger partial charge in [0.1, 0.15) is 5.82 Å². The molecule has 1 unspecified atom stereocenters. The first kappa shape index (κ1) is 8.51. The maximum Gasteiger partial charge on any atom is 0.146 e. The van der Waals surface area contributed by atoms with Crippen molar-refractivity contribution < 1.29 is 4.39 Å². The third-order valence-corrected chi connectivity index (χ3v) is 2.26. The monoisotopic (exact) mass is 180 g/mol. The average molecular weight is 180 g/mol. The lowest BCUT2D eigenvalue weighted by Crippen LogP contribution is -2.30. The van der Waals surface area contributed by atoms with Gasteiger partial charge in [-0.3, -0.25) is 5.32 Å². The summed E-state index contributed by atoms with van der Waals surface area (Å²) in [6.07, 6.45) is 2.46. The van der Waals surface area contributed by atoms with Crippen LogP contribution in [-0.4, -0.2) is 12.7 Å². The summed E-state index contributed by atoms with van der Waals surface area (Å²) in [5.41, 5.74) is 0.585. The third-order valence-electron chi connectivity index (χ3n) is 2.26. The van der Waals surface area contributed by atoms with Gasteiger partial charge in [-0.1, -0.05) is 12.1 Å². The Bertz CT molecular complexity index is 282. The fourth-order valence-electron chi connectivity index (χ4n) is 1.57. The Morgan fingerprint density at radius 2 is 2.23 bits per heavy atom. The molecule has 70 valence electrons. The average Bonchev–Trinajstić information content (AvgIpc) is 2.61. The van der Waals surface area contributed by atoms with Crippen molar-refractivity contribution in [2.75, 3.05) is 11.9 Å². The number of anilines is 1. The Labute approximate surface area is 77.2 Å². The van der Waals surface area contributed by atoms with Gasteiger partial charge >= 0.3 is 0 Å². The highest BCUT2D eigenvalue weighted by atomic mass is 19.1. The summed E-state index contributed by atoms with van der Waals surface area (Å²) in [5.74, 6) is -0.184. The van der Waals surface area contributed by atoms with Crippen LogP contribution in [0.1, 0.15) is 12.8 Å². The van der Waals surface area contributed by atoms with Crippen LogP contribution in [0.5, 0.6) is 0 Å². The van der Waals surface area contributed by atoms with Crippen molar-refractivity contribution in [2.24, 2.45) is 0 Å². The molecule has 1 aromatic carbocycles. The van der Waals surface area contributed by atoms with E-state index < -0.39 is 0 Å². The van der Waals surface area contributed by atoms with Crippen molar-refractivity contribution in [1.29, 1.82) is 0 Å². The Hall–Kier alpha value is -1.09. The molecule has 0 aromatic heterocycles. The van der Waals surface area contributed by atoms with Crippen LogP contribution in [0.4, 0.5) is 10.1 Å². The first-order valence-electron chi connectivity index (χ1n) is 4.61. The molecule has 1 fully saturated rings. The lowest BCUT2D eigenvalue weighted by molar-refractivity contribution is 0.616. The number of rotatable bonds is 2. The van der Waals surface area contributed by atoms with Gasteiger partial charge in [-0.2, -0.15) is 0 Å². The second kappa shape index (κ2) is 3.75. The highest BCUT2D eigenvalue weighted by Gasteiger charge is 2.14. The number of hydrogen-bond acceptors (Lipinski definition) is 2. The highest BCUT2D eigenvalue weighted by Crippen LogP contribution is 2.15. The molecule has 0 radical (unpaired) electrons. The second-order valence-electron chi connectivity index (χ2n) is 3.27. The van der Waals surface area contributed by atoms with Crippen LogP contribution in [0, 0.1) is 5.82 Å². The van der Waals surface area contributed by atoms with Crippen LogP contribution in [-0.2, 0) is 0 Å². The zero-order valence-electron chi connectivity index (χ0n) is 7.39. The number of benzene rings is 1. The molecule has 1 atom stereocenters. The molecule has 1 aliphatic rings. The van der Waals surface area contributed by atoms with Crippen LogP contribution in [0.2, 0.25) is 0 Å². The normalized spacial score (nSPS) is 21.8. The van der Waals surface area contributed by atoms with Crippen molar-refractivity contribution >= 4 is 5.69 Å². The van der Waals surface area contributed by atoms with Gasteiger partial charge in [-0.15, -0.1) is 0 Å². The molecule has 2 N–H and O–H groups in total. The molecule has 2 nitrogen and oxygen atoms in total. The van der Waals surface area contributed by atoms with Gasteiger partial charge in [0.2, 0.25) is 0 Å². The molecule has 0 bridgehead atoms. The smallest absolute Gasteiger partial charge is 0.146 e. The SMILES string of the molecule is Fc1ccccc1NC1CCCN1. The summed E-state index contributed by atoms with van der Waals surface area (Å²) in [6, 6.07) is 6.76. The molecule has 0 amide bonds. The fourth-order valence-corrected chi connectivity index (χ4v) is 1.57. The lowest BCUT2D eigenvalue weighted by atomic mass is 10.2. The van der Waals surface area contributed by atoms with Crippen molar-refractivity contribution in [2.45, 2.75) is 19.0 Å². The van der Waals surface area contributed by atoms with Gasteiger partial charge in [0.15, 0.2) is 0 Å². The number of hydrogen-bond donors (Lipinski definition) is 2. The Morgan fingerprint density at radius 3 is 2.92 bits per heavy atom. The van der Waals surface area contributed by atoms with E-state index in [1.807, 2.05) is 6.07 Å². The molecule has 1 aromatic rings. The first-order chi connectivity index (χ1) is 6.36. The van der Waals surface area contributed by atoms with Crippen LogP contribution >= 0.6 is 0 Å². The molecule has 1 aliphatic heterocycles. The van der Waals surface area contributed by atoms with Crippen LogP contribution < -0.4 is 10.6 Å². The van der Waals surface area contributed by atoms with Crippen LogP contribution in [0.15, 0.2) is 24.3 Å². The van der Waals surface area contributed by atoms with Gasteiger partial charge in [0.05, 0.1) is 11.9 Å². The molecule has 13 heavy (non-hydrogen) atoms. The van der Waals surface area contributed by atoms with E-state index in [2.05, 4.69) is 10.6 Å². The third kappa shape index (κ3) is 1.98. The zero-order chi connectivity index (χ0) is 9.10. The van der Waals surface area contributed by atoms with E-state index >= 15 is 0 Å². The lowest BCUT2D eigenvalue weighted by Gasteiger charge is -2.14. The number of para-hydroxylation sites is 1. The van der Waals surface area contributed by atoms with E-state index in [1.54, 1.807) is 12.1 Å². The minimum Gasteiger partial charge on any atom is -0.367 e. The van der Waals surface area contributed by atoms with E-state index in [-0.39, 0.29) is 12.0 Å². The zero-order valence-corrected chi connectivity index (χ0v) is 7.39. The summed E-state index contributed by atoms with van der Waals surface area (Å²) in [7, 11) is 0. The second-order valence-corrected chi connectivity index (χ2v) is 3.27. The predicted molar refractivity (Wildman–Crippen MR) is 51.0 cm³/mol. The van der Waals surface area contributed by atoms with Gasteiger partial charge in [0, 0.05) is 0 Å². The maximum atomic E-state index is 13.2. The topological polar surface area (TPSA) is 24.1 Å². The summed E-state index contributed by atoms with van der Waals surface area (Å²) < 4.78 is 13.2. The van der Waals surface area contributed by atoms with Crippen LogP contribution in [0.3, 0.4) is 0 Å². The number of halogens is 1. The quantitative estimate of drug-likeness (QED) is 0.726. The summed E-state index contributed by atoms with van der Waals surface area (Å²) in [6.45, 7) is 1.02. The Morgan fingerprint density at radius 1 is 1.38 bits per heavy atom. The standard InChI is InChI=1S/C10H13FN2/c11-8-4-1-2-5-9(8)13-10-6-3-7-12-10/h1-2,4-5,10,12-13H,3,6-7H2. The maximum absolute atomic E-state index is 13.2. The van der Waals surface area contributed by atoms with E-state index in [1.165, 1.54) is 6.07 Å². The van der Waals surface area contributed by atoms with Crippen molar-refractivity contribution in [3.8, 4) is 0 Å². The largest absolute Gasteiger partial charge is 0.367 e. The molecular formula is C10H13FN2. The van der Waals surface area contributed by atoms with Crippen molar-refractivity contribution in [3.63, 3.8) is 0 Å². The first-order valence-corrected chi connectivity index (χ1v) is 4.61. The van der Waals surface area contributed by atoms with E-state index in [9.17, 15) is 4.39 Å². The summed E-state index contributed by atoms with van der Waals surface area (Å²) >= 11 is 0. The number of nitrogens with one attached hydrogen (secondary N) is 2. The highest BCUT2D eigenvalue weighted by molar-refractivity contribution is 5.45. The molecule has 3 heteroatoms. The van der Waals surface area contributed by atoms with Gasteiger partial charge < -0.3 is 5.32 Å². The summed E-state index contributed by atoms with van der Waals surface area (Å²) in [4.78, 5) is 0. The molecule has 1 saturated heterocycles. The minimum absolute atomic E-state index is 0.184. The van der Waals surface area contributed by atoms with Gasteiger partial charge in [0.25, 0.3) is 0 Å². The molecule has 0 aliphatic carbocycles. The van der Waals surface area contributed by atoms with E-state index in [4.69, 9.17) is 0 Å². The predicted octanol–water partition coefficient (Wildman–Crippen LogP) is 1.95. The molecule has 2 rings (SSSR count). The van der Waals surface area contributed by atoms with Crippen molar-refractivity contribution in [1.82, 2.24) is 5.32 Å². The molecule has 1 heterocycles. The van der Waals surface area contributed by atoms with Gasteiger partial charge in [-0.05, 0) is 31.5 Å². The van der Waals surface area contributed by atoms with Crippen molar-refractivity contribution in [3.05, 3.63) is 30.1 Å². The van der Waals surface area contributed by atoms with E-state index in [0.29, 0.717) is 5.69 Å². The van der Waals surface area contributed by atoms with Crippen LogP contribution in [0.25, 0.3) is 0 Å². The van der Waals surface area contributed by atoms with Gasteiger partial charge in [-0.25, -0.2) is 4.39 Å². The minimum atomic E-state index is -0.184. The fraction of sp³-hybridized carbons (Fsp3) is 0.400. The van der Waals surface area contributed by atoms with E-state index in [0.717, 1.165) is 19.4 Å².